The first-order chi connectivity index (χ1) is 14.6. The minimum Gasteiger partial charge on any atom is -0.385 e. The first kappa shape index (κ1) is 26.5. The first-order valence-corrected chi connectivity index (χ1v) is 11.6. The average Bonchev–Trinajstić information content (AvgIpc) is 3.23. The Balaban J connectivity index is 0.00000341. The zero-order valence-corrected chi connectivity index (χ0v) is 22.3. The van der Waals surface area contributed by atoms with Crippen LogP contribution in [0.25, 0.3) is 0 Å². The van der Waals surface area contributed by atoms with Gasteiger partial charge in [-0.3, -0.25) is 4.99 Å². The van der Waals surface area contributed by atoms with Gasteiger partial charge in [-0.1, -0.05) is 30.5 Å². The predicted molar refractivity (Wildman–Crippen MR) is 142 cm³/mol. The van der Waals surface area contributed by atoms with E-state index in [0.29, 0.717) is 12.0 Å². The molecule has 2 N–H and O–H groups in total. The molecule has 0 aromatic heterocycles. The molecule has 1 aliphatic heterocycles. The van der Waals surface area contributed by atoms with Crippen molar-refractivity contribution in [3.05, 3.63) is 28.8 Å². The molecule has 0 atom stereocenters. The van der Waals surface area contributed by atoms with Gasteiger partial charge in [-0.25, -0.2) is 0 Å². The molecule has 0 amide bonds. The number of aliphatic imine (C=N–C) groups is 1. The molecule has 6 nitrogen and oxygen atoms in total. The number of nitrogens with zero attached hydrogens (tertiary/aromatic N) is 3. The third-order valence-electron chi connectivity index (χ3n) is 6.73. The summed E-state index contributed by atoms with van der Waals surface area (Å²) in [5, 5.41) is 7.88. The zero-order chi connectivity index (χ0) is 21.4. The van der Waals surface area contributed by atoms with E-state index in [1.165, 1.54) is 31.4 Å². The lowest BCUT2D eigenvalue weighted by Crippen LogP contribution is -2.45. The maximum atomic E-state index is 6.61. The zero-order valence-electron chi connectivity index (χ0n) is 19.3. The third kappa shape index (κ3) is 7.37. The second kappa shape index (κ2) is 13.1. The highest BCUT2D eigenvalue weighted by Crippen LogP contribution is 2.40. The van der Waals surface area contributed by atoms with Gasteiger partial charge in [-0.2, -0.15) is 0 Å². The van der Waals surface area contributed by atoms with E-state index >= 15 is 0 Å². The van der Waals surface area contributed by atoms with Gasteiger partial charge >= 0.3 is 0 Å². The number of ether oxygens (including phenoxy) is 1. The van der Waals surface area contributed by atoms with E-state index in [0.717, 1.165) is 62.3 Å². The van der Waals surface area contributed by atoms with Gasteiger partial charge in [0.15, 0.2) is 5.96 Å². The van der Waals surface area contributed by atoms with Crippen LogP contribution in [-0.4, -0.2) is 71.4 Å². The molecule has 1 saturated carbocycles. The first-order valence-electron chi connectivity index (χ1n) is 11.2. The Morgan fingerprint density at radius 1 is 1.16 bits per heavy atom. The summed E-state index contributed by atoms with van der Waals surface area (Å²) >= 11 is 6.61. The number of likely N-dealkylation sites (N-methyl/N-ethyl adjacent to an activating group) is 1. The molecule has 0 radical (unpaired) electrons. The quantitative estimate of drug-likeness (QED) is 0.285. The summed E-state index contributed by atoms with van der Waals surface area (Å²) < 4.78 is 5.36. The van der Waals surface area contributed by atoms with E-state index in [9.17, 15) is 0 Å². The van der Waals surface area contributed by atoms with Crippen molar-refractivity contribution >= 4 is 47.2 Å². The van der Waals surface area contributed by atoms with Gasteiger partial charge in [0, 0.05) is 76.3 Å². The van der Waals surface area contributed by atoms with Crippen LogP contribution >= 0.6 is 35.6 Å². The fraction of sp³-hybridized carbons (Fsp3) is 0.696. The Kier molecular flexibility index (Phi) is 11.2. The number of hydrogen-bond acceptors (Lipinski definition) is 4. The summed E-state index contributed by atoms with van der Waals surface area (Å²) in [6.45, 7) is 6.62. The van der Waals surface area contributed by atoms with Crippen LogP contribution in [0.3, 0.4) is 0 Å². The van der Waals surface area contributed by atoms with Gasteiger partial charge in [0.2, 0.25) is 0 Å². The number of rotatable bonds is 8. The number of piperazine rings is 1. The Labute approximate surface area is 210 Å². The number of halogens is 2. The topological polar surface area (TPSA) is 52.1 Å². The van der Waals surface area contributed by atoms with E-state index in [1.54, 1.807) is 7.11 Å². The highest BCUT2D eigenvalue weighted by Gasteiger charge is 2.33. The lowest BCUT2D eigenvalue weighted by Gasteiger charge is -2.35. The van der Waals surface area contributed by atoms with Crippen molar-refractivity contribution in [1.82, 2.24) is 15.5 Å². The van der Waals surface area contributed by atoms with Gasteiger partial charge in [0.1, 0.15) is 0 Å². The van der Waals surface area contributed by atoms with Crippen LogP contribution in [-0.2, 0) is 11.3 Å². The molecule has 0 unspecified atom stereocenters. The van der Waals surface area contributed by atoms with Crippen LogP contribution in [0.1, 0.15) is 37.7 Å². The summed E-state index contributed by atoms with van der Waals surface area (Å²) in [5.41, 5.74) is 2.69. The number of anilines is 1. The van der Waals surface area contributed by atoms with Gasteiger partial charge in [-0.15, -0.1) is 24.0 Å². The maximum Gasteiger partial charge on any atom is 0.191 e. The summed E-state index contributed by atoms with van der Waals surface area (Å²) in [5.74, 6) is 0.836. The molecule has 3 rings (SSSR count). The monoisotopic (exact) mass is 563 g/mol. The molecular weight excluding hydrogens is 525 g/mol. The second-order valence-corrected chi connectivity index (χ2v) is 9.16. The fourth-order valence-corrected chi connectivity index (χ4v) is 4.92. The molecule has 8 heteroatoms. The maximum absolute atomic E-state index is 6.61. The van der Waals surface area contributed by atoms with E-state index in [2.05, 4.69) is 38.5 Å². The van der Waals surface area contributed by atoms with Crippen molar-refractivity contribution in [2.75, 3.05) is 65.4 Å². The molecule has 176 valence electrons. The van der Waals surface area contributed by atoms with Crippen molar-refractivity contribution in [3.63, 3.8) is 0 Å². The Hall–Kier alpha value is -0.770. The van der Waals surface area contributed by atoms with Gasteiger partial charge in [-0.05, 0) is 43.9 Å². The minimum atomic E-state index is 0. The lowest BCUT2D eigenvalue weighted by molar-refractivity contribution is 0.138. The Morgan fingerprint density at radius 3 is 2.52 bits per heavy atom. The van der Waals surface area contributed by atoms with Crippen molar-refractivity contribution in [2.24, 2.45) is 10.4 Å². The van der Waals surface area contributed by atoms with Crippen molar-refractivity contribution in [3.8, 4) is 0 Å². The number of guanidine groups is 1. The predicted octanol–water partition coefficient (Wildman–Crippen LogP) is 3.97. The van der Waals surface area contributed by atoms with E-state index in [4.69, 9.17) is 16.3 Å². The normalized spacial score (nSPS) is 19.2. The van der Waals surface area contributed by atoms with E-state index < -0.39 is 0 Å². The molecule has 1 saturated heterocycles. The fourth-order valence-electron chi connectivity index (χ4n) is 4.69. The molecule has 1 aromatic carbocycles. The van der Waals surface area contributed by atoms with Crippen LogP contribution in [0, 0.1) is 5.41 Å². The van der Waals surface area contributed by atoms with Gasteiger partial charge < -0.3 is 25.2 Å². The van der Waals surface area contributed by atoms with Crippen LogP contribution in [0.15, 0.2) is 23.2 Å². The number of methoxy groups -OCH3 is 1. The highest BCUT2D eigenvalue weighted by atomic mass is 127. The van der Waals surface area contributed by atoms with Crippen LogP contribution in [0.4, 0.5) is 5.69 Å². The molecule has 1 heterocycles. The van der Waals surface area contributed by atoms with Gasteiger partial charge in [0.25, 0.3) is 0 Å². The van der Waals surface area contributed by atoms with Crippen molar-refractivity contribution in [2.45, 2.75) is 38.6 Å². The standard InChI is InChI=1S/C23H38ClN5O.HI/c1-25-22(27-18-23(11-16-30-3)9-4-5-10-23)26-17-19-20(24)7-6-8-21(19)29-14-12-28(2)13-15-29;/h6-8H,4-5,9-18H2,1-3H3,(H2,25,26,27);1H. The molecule has 1 aromatic rings. The molecule has 2 fully saturated rings. The molecule has 2 aliphatic rings. The third-order valence-corrected chi connectivity index (χ3v) is 7.08. The Morgan fingerprint density at radius 2 is 1.87 bits per heavy atom. The van der Waals surface area contributed by atoms with Crippen molar-refractivity contribution in [1.29, 1.82) is 0 Å². The SMILES string of the molecule is CN=C(NCc1c(Cl)cccc1N1CCN(C)CC1)NCC1(CCOC)CCCC1.I. The smallest absolute Gasteiger partial charge is 0.191 e. The Bertz CT molecular complexity index is 703. The van der Waals surface area contributed by atoms with E-state index in [-0.39, 0.29) is 24.0 Å². The molecule has 0 spiro atoms. The molecule has 0 bridgehead atoms. The number of benzene rings is 1. The lowest BCUT2D eigenvalue weighted by atomic mass is 9.83. The van der Waals surface area contributed by atoms with Crippen molar-refractivity contribution < 1.29 is 4.74 Å². The summed E-state index contributed by atoms with van der Waals surface area (Å²) in [6.07, 6.45) is 6.25. The highest BCUT2D eigenvalue weighted by molar-refractivity contribution is 14.0. The van der Waals surface area contributed by atoms with Gasteiger partial charge in [0.05, 0.1) is 0 Å². The summed E-state index contributed by atoms with van der Waals surface area (Å²) in [4.78, 5) is 9.27. The van der Waals surface area contributed by atoms with Crippen LogP contribution in [0.5, 0.6) is 0 Å². The largest absolute Gasteiger partial charge is 0.385 e. The summed E-state index contributed by atoms with van der Waals surface area (Å²) in [6, 6.07) is 6.21. The number of hydrogen-bond donors (Lipinski definition) is 2. The molecule has 31 heavy (non-hydrogen) atoms. The average molecular weight is 564 g/mol. The van der Waals surface area contributed by atoms with Crippen LogP contribution < -0.4 is 15.5 Å². The minimum absolute atomic E-state index is 0. The van der Waals surface area contributed by atoms with Crippen LogP contribution in [0.2, 0.25) is 5.02 Å². The molecular formula is C23H39ClIN5O. The second-order valence-electron chi connectivity index (χ2n) is 8.76. The number of nitrogens with one attached hydrogen (secondary N) is 2. The molecule has 1 aliphatic carbocycles. The summed E-state index contributed by atoms with van der Waals surface area (Å²) in [7, 11) is 5.80. The van der Waals surface area contributed by atoms with E-state index in [1.807, 2.05) is 19.2 Å².